The van der Waals surface area contributed by atoms with Crippen LogP contribution in [0, 0.1) is 11.7 Å². The minimum absolute atomic E-state index is 0.191. The molecular weight excluding hydrogens is 353 g/mol. The van der Waals surface area contributed by atoms with Crippen LogP contribution in [-0.4, -0.2) is 29.1 Å². The SMILES string of the molecule is C=C(NCC1=C(C)c2cc(F)ccc2C1)Nc1cnc(N2CC(C)[C@H]2C)nc1. The molecule has 1 saturated heterocycles. The average Bonchev–Trinajstić information content (AvgIpc) is 3.00. The van der Waals surface area contributed by atoms with Gasteiger partial charge in [-0.15, -0.1) is 0 Å². The first kappa shape index (κ1) is 18.5. The van der Waals surface area contributed by atoms with Gasteiger partial charge in [-0.05, 0) is 60.6 Å². The standard InChI is InChI=1S/C22H26FN5/c1-13-12-28(15(13)3)22-25-10-20(11-26-22)27-16(4)24-9-18-7-17-5-6-19(23)8-21(17)14(18)2/h5-6,8,10-11,13,15,24,27H,4,7,9,12H2,1-3H3/t13?,15-/m1/s1. The molecule has 1 unspecified atom stereocenters. The van der Waals surface area contributed by atoms with Gasteiger partial charge >= 0.3 is 0 Å². The Bertz CT molecular complexity index is 934. The molecule has 0 bridgehead atoms. The number of halogens is 1. The third kappa shape index (κ3) is 3.46. The third-order valence-electron chi connectivity index (χ3n) is 5.92. The summed E-state index contributed by atoms with van der Waals surface area (Å²) in [5, 5.41) is 6.50. The predicted octanol–water partition coefficient (Wildman–Crippen LogP) is 3.96. The van der Waals surface area contributed by atoms with Crippen LogP contribution in [0.2, 0.25) is 0 Å². The number of hydrogen-bond acceptors (Lipinski definition) is 5. The van der Waals surface area contributed by atoms with Gasteiger partial charge in [-0.25, -0.2) is 14.4 Å². The lowest BCUT2D eigenvalue weighted by Gasteiger charge is -2.44. The van der Waals surface area contributed by atoms with E-state index in [1.165, 1.54) is 17.2 Å². The van der Waals surface area contributed by atoms with Crippen LogP contribution >= 0.6 is 0 Å². The highest BCUT2D eigenvalue weighted by atomic mass is 19.1. The number of nitrogens with zero attached hydrogens (tertiary/aromatic N) is 3. The van der Waals surface area contributed by atoms with Crippen LogP contribution in [0.1, 0.15) is 31.9 Å². The van der Waals surface area contributed by atoms with Gasteiger partial charge in [0.1, 0.15) is 5.82 Å². The molecule has 5 nitrogen and oxygen atoms in total. The maximum atomic E-state index is 13.5. The Morgan fingerprint density at radius 1 is 1.29 bits per heavy atom. The molecule has 1 fully saturated rings. The summed E-state index contributed by atoms with van der Waals surface area (Å²) in [5.41, 5.74) is 5.36. The normalized spacial score (nSPS) is 20.6. The number of benzene rings is 1. The van der Waals surface area contributed by atoms with E-state index in [0.29, 0.717) is 24.3 Å². The average molecular weight is 379 g/mol. The molecule has 1 aromatic heterocycles. The van der Waals surface area contributed by atoms with Crippen molar-refractivity contribution in [1.82, 2.24) is 15.3 Å². The van der Waals surface area contributed by atoms with E-state index in [1.54, 1.807) is 18.5 Å². The molecule has 4 rings (SSSR count). The Kier molecular flexibility index (Phi) is 4.79. The van der Waals surface area contributed by atoms with Crippen LogP contribution < -0.4 is 15.5 Å². The Morgan fingerprint density at radius 3 is 2.71 bits per heavy atom. The molecule has 28 heavy (non-hydrogen) atoms. The highest BCUT2D eigenvalue weighted by molar-refractivity contribution is 5.75. The van der Waals surface area contributed by atoms with Gasteiger partial charge in [0, 0.05) is 19.1 Å². The van der Waals surface area contributed by atoms with E-state index in [0.717, 1.165) is 35.7 Å². The molecule has 0 saturated carbocycles. The second-order valence-electron chi connectivity index (χ2n) is 7.81. The summed E-state index contributed by atoms with van der Waals surface area (Å²) in [5.74, 6) is 1.95. The van der Waals surface area contributed by atoms with Crippen LogP contribution in [0.4, 0.5) is 16.0 Å². The second-order valence-corrected chi connectivity index (χ2v) is 7.81. The van der Waals surface area contributed by atoms with E-state index in [2.05, 4.69) is 45.9 Å². The lowest BCUT2D eigenvalue weighted by molar-refractivity contribution is 0.334. The fourth-order valence-electron chi connectivity index (χ4n) is 3.83. The second kappa shape index (κ2) is 7.26. The first-order chi connectivity index (χ1) is 13.4. The van der Waals surface area contributed by atoms with Gasteiger partial charge in [-0.2, -0.15) is 0 Å². The first-order valence-corrected chi connectivity index (χ1v) is 9.68. The Hall–Kier alpha value is -2.89. The topological polar surface area (TPSA) is 53.1 Å². The Labute approximate surface area is 165 Å². The number of hydrogen-bond donors (Lipinski definition) is 2. The molecule has 0 radical (unpaired) electrons. The van der Waals surface area contributed by atoms with E-state index >= 15 is 0 Å². The van der Waals surface area contributed by atoms with Gasteiger partial charge < -0.3 is 15.5 Å². The monoisotopic (exact) mass is 379 g/mol. The highest BCUT2D eigenvalue weighted by Crippen LogP contribution is 2.32. The van der Waals surface area contributed by atoms with Gasteiger partial charge in [0.15, 0.2) is 0 Å². The molecule has 0 spiro atoms. The van der Waals surface area contributed by atoms with Crippen molar-refractivity contribution in [2.24, 2.45) is 5.92 Å². The number of rotatable bonds is 6. The van der Waals surface area contributed by atoms with E-state index in [4.69, 9.17) is 0 Å². The first-order valence-electron chi connectivity index (χ1n) is 9.68. The zero-order valence-electron chi connectivity index (χ0n) is 16.6. The van der Waals surface area contributed by atoms with Gasteiger partial charge in [0.2, 0.25) is 5.95 Å². The van der Waals surface area contributed by atoms with Crippen molar-refractivity contribution in [3.63, 3.8) is 0 Å². The van der Waals surface area contributed by atoms with Crippen molar-refractivity contribution >= 4 is 17.2 Å². The maximum Gasteiger partial charge on any atom is 0.225 e. The van der Waals surface area contributed by atoms with Crippen LogP contribution in [0.15, 0.2) is 48.6 Å². The van der Waals surface area contributed by atoms with E-state index in [1.807, 2.05) is 13.0 Å². The smallest absolute Gasteiger partial charge is 0.225 e. The quantitative estimate of drug-likeness (QED) is 0.796. The van der Waals surface area contributed by atoms with Gasteiger partial charge in [0.25, 0.3) is 0 Å². The van der Waals surface area contributed by atoms with E-state index < -0.39 is 0 Å². The molecule has 1 aliphatic heterocycles. The summed E-state index contributed by atoms with van der Waals surface area (Å²) in [7, 11) is 0. The number of fused-ring (bicyclic) bond motifs is 1. The van der Waals surface area contributed by atoms with Crippen LogP contribution in [0.3, 0.4) is 0 Å². The van der Waals surface area contributed by atoms with Crippen molar-refractivity contribution in [3.8, 4) is 0 Å². The lowest BCUT2D eigenvalue weighted by atomic mass is 9.93. The number of aromatic nitrogens is 2. The molecule has 1 aliphatic carbocycles. The minimum atomic E-state index is -0.191. The maximum absolute atomic E-state index is 13.5. The van der Waals surface area contributed by atoms with Crippen molar-refractivity contribution < 1.29 is 4.39 Å². The van der Waals surface area contributed by atoms with E-state index in [9.17, 15) is 4.39 Å². The summed E-state index contributed by atoms with van der Waals surface area (Å²) in [6.45, 7) is 12.2. The molecule has 2 aromatic rings. The fourth-order valence-corrected chi connectivity index (χ4v) is 3.83. The highest BCUT2D eigenvalue weighted by Gasteiger charge is 2.33. The van der Waals surface area contributed by atoms with Crippen molar-refractivity contribution in [2.75, 3.05) is 23.3 Å². The largest absolute Gasteiger partial charge is 0.368 e. The summed E-state index contributed by atoms with van der Waals surface area (Å²) in [4.78, 5) is 11.1. The molecule has 2 N–H and O–H groups in total. The van der Waals surface area contributed by atoms with Crippen LogP contribution in [0.25, 0.3) is 5.57 Å². The molecular formula is C22H26FN5. The zero-order valence-corrected chi connectivity index (χ0v) is 16.6. The van der Waals surface area contributed by atoms with Gasteiger partial charge in [0.05, 0.1) is 23.9 Å². The zero-order chi connectivity index (χ0) is 19.8. The summed E-state index contributed by atoms with van der Waals surface area (Å²) in [6.07, 6.45) is 4.40. The van der Waals surface area contributed by atoms with Gasteiger partial charge in [-0.3, -0.25) is 0 Å². The minimum Gasteiger partial charge on any atom is -0.368 e. The molecule has 2 aliphatic rings. The summed E-state index contributed by atoms with van der Waals surface area (Å²) >= 11 is 0. The fraction of sp³-hybridized carbons (Fsp3) is 0.364. The van der Waals surface area contributed by atoms with Gasteiger partial charge in [-0.1, -0.05) is 19.6 Å². The molecule has 2 heterocycles. The summed E-state index contributed by atoms with van der Waals surface area (Å²) < 4.78 is 13.5. The molecule has 1 aromatic carbocycles. The Balaban J connectivity index is 1.32. The van der Waals surface area contributed by atoms with Crippen molar-refractivity contribution in [1.29, 1.82) is 0 Å². The molecule has 2 atom stereocenters. The third-order valence-corrected chi connectivity index (χ3v) is 5.92. The predicted molar refractivity (Wildman–Crippen MR) is 111 cm³/mol. The molecule has 6 heteroatoms. The van der Waals surface area contributed by atoms with Crippen molar-refractivity contribution in [3.05, 3.63) is 65.5 Å². The summed E-state index contributed by atoms with van der Waals surface area (Å²) in [6, 6.07) is 5.49. The van der Waals surface area contributed by atoms with Crippen molar-refractivity contribution in [2.45, 2.75) is 33.2 Å². The number of allylic oxidation sites excluding steroid dienone is 1. The molecule has 0 amide bonds. The Morgan fingerprint density at radius 2 is 2.04 bits per heavy atom. The lowest BCUT2D eigenvalue weighted by Crippen LogP contribution is -2.54. The number of anilines is 2. The van der Waals surface area contributed by atoms with E-state index in [-0.39, 0.29) is 5.82 Å². The van der Waals surface area contributed by atoms with Crippen LogP contribution in [-0.2, 0) is 6.42 Å². The number of nitrogens with one attached hydrogen (secondary N) is 2. The van der Waals surface area contributed by atoms with Crippen LogP contribution in [0.5, 0.6) is 0 Å². The molecule has 146 valence electrons.